The van der Waals surface area contributed by atoms with Crippen molar-refractivity contribution in [1.82, 2.24) is 9.55 Å². The van der Waals surface area contributed by atoms with Crippen molar-refractivity contribution in [3.8, 4) is 0 Å². The van der Waals surface area contributed by atoms with E-state index in [2.05, 4.69) is 21.7 Å². The lowest BCUT2D eigenvalue weighted by Gasteiger charge is -2.07. The molecule has 2 aromatic heterocycles. The molecule has 4 nitrogen and oxygen atoms in total. The molecule has 0 amide bonds. The van der Waals surface area contributed by atoms with Gasteiger partial charge in [0.1, 0.15) is 0 Å². The van der Waals surface area contributed by atoms with E-state index in [0.717, 1.165) is 28.1 Å². The zero-order valence-electron chi connectivity index (χ0n) is 12.0. The number of pyridine rings is 1. The predicted octanol–water partition coefficient (Wildman–Crippen LogP) is 3.40. The number of rotatable bonds is 2. The first-order chi connectivity index (χ1) is 10.7. The molecule has 22 heavy (non-hydrogen) atoms. The SMILES string of the molecule is Nc1ccc2c3ccc(N)cc3n(Cc3ccccn3)c2c1. The summed E-state index contributed by atoms with van der Waals surface area (Å²) in [6.45, 7) is 0.688. The third kappa shape index (κ3) is 1.97. The summed E-state index contributed by atoms with van der Waals surface area (Å²) in [7, 11) is 0. The van der Waals surface area contributed by atoms with Crippen LogP contribution in [-0.4, -0.2) is 9.55 Å². The fraction of sp³-hybridized carbons (Fsp3) is 0.0556. The molecule has 0 saturated heterocycles. The fourth-order valence-corrected chi connectivity index (χ4v) is 2.95. The smallest absolute Gasteiger partial charge is 0.0654 e. The second kappa shape index (κ2) is 4.77. The van der Waals surface area contributed by atoms with Crippen LogP contribution >= 0.6 is 0 Å². The maximum absolute atomic E-state index is 5.98. The second-order valence-electron chi connectivity index (χ2n) is 5.46. The molecular weight excluding hydrogens is 272 g/mol. The van der Waals surface area contributed by atoms with E-state index in [-0.39, 0.29) is 0 Å². The van der Waals surface area contributed by atoms with Crippen LogP contribution in [0.5, 0.6) is 0 Å². The molecule has 2 aromatic carbocycles. The maximum Gasteiger partial charge on any atom is 0.0654 e. The molecule has 2 heterocycles. The molecule has 0 aliphatic heterocycles. The van der Waals surface area contributed by atoms with Crippen molar-refractivity contribution in [3.63, 3.8) is 0 Å². The Labute approximate surface area is 128 Å². The largest absolute Gasteiger partial charge is 0.399 e. The monoisotopic (exact) mass is 288 g/mol. The lowest BCUT2D eigenvalue weighted by molar-refractivity contribution is 0.835. The van der Waals surface area contributed by atoms with E-state index in [1.165, 1.54) is 10.8 Å². The van der Waals surface area contributed by atoms with E-state index in [0.29, 0.717) is 6.54 Å². The number of anilines is 2. The van der Waals surface area contributed by atoms with Gasteiger partial charge in [0.15, 0.2) is 0 Å². The lowest BCUT2D eigenvalue weighted by atomic mass is 10.1. The van der Waals surface area contributed by atoms with Crippen molar-refractivity contribution in [2.24, 2.45) is 0 Å². The molecule has 4 rings (SSSR count). The van der Waals surface area contributed by atoms with Gasteiger partial charge in [0.25, 0.3) is 0 Å². The minimum Gasteiger partial charge on any atom is -0.399 e. The summed E-state index contributed by atoms with van der Waals surface area (Å²) in [5.74, 6) is 0. The Balaban J connectivity index is 2.04. The Bertz CT molecular complexity index is 911. The molecule has 0 radical (unpaired) electrons. The van der Waals surface area contributed by atoms with Gasteiger partial charge in [-0.2, -0.15) is 0 Å². The summed E-state index contributed by atoms with van der Waals surface area (Å²) in [6.07, 6.45) is 1.81. The first-order valence-corrected chi connectivity index (χ1v) is 7.19. The van der Waals surface area contributed by atoms with Gasteiger partial charge < -0.3 is 16.0 Å². The summed E-state index contributed by atoms with van der Waals surface area (Å²) in [6, 6.07) is 18.0. The van der Waals surface area contributed by atoms with Crippen LogP contribution in [0.4, 0.5) is 11.4 Å². The first-order valence-electron chi connectivity index (χ1n) is 7.19. The van der Waals surface area contributed by atoms with E-state index in [9.17, 15) is 0 Å². The van der Waals surface area contributed by atoms with Gasteiger partial charge in [-0.1, -0.05) is 18.2 Å². The highest BCUT2D eigenvalue weighted by Crippen LogP contribution is 2.32. The molecule has 108 valence electrons. The van der Waals surface area contributed by atoms with Crippen molar-refractivity contribution < 1.29 is 0 Å². The maximum atomic E-state index is 5.98. The van der Waals surface area contributed by atoms with Gasteiger partial charge >= 0.3 is 0 Å². The summed E-state index contributed by atoms with van der Waals surface area (Å²) >= 11 is 0. The van der Waals surface area contributed by atoms with E-state index in [4.69, 9.17) is 11.5 Å². The van der Waals surface area contributed by atoms with E-state index in [1.54, 1.807) is 0 Å². The van der Waals surface area contributed by atoms with Crippen LogP contribution in [0.1, 0.15) is 5.69 Å². The quantitative estimate of drug-likeness (QED) is 0.555. The summed E-state index contributed by atoms with van der Waals surface area (Å²) in [4.78, 5) is 4.43. The average Bonchev–Trinajstić information content (AvgIpc) is 2.81. The first kappa shape index (κ1) is 12.7. The zero-order valence-corrected chi connectivity index (χ0v) is 12.0. The van der Waals surface area contributed by atoms with Gasteiger partial charge in [0, 0.05) is 28.3 Å². The van der Waals surface area contributed by atoms with Gasteiger partial charge in [-0.15, -0.1) is 0 Å². The topological polar surface area (TPSA) is 69.9 Å². The predicted molar refractivity (Wildman–Crippen MR) is 91.6 cm³/mol. The standard InChI is InChI=1S/C18H16N4/c19-12-4-6-15-16-7-5-13(20)10-18(16)22(17(15)9-12)11-14-3-1-2-8-21-14/h1-10H,11,19-20H2. The minimum absolute atomic E-state index is 0.688. The lowest BCUT2D eigenvalue weighted by Crippen LogP contribution is -2.01. The van der Waals surface area contributed by atoms with Gasteiger partial charge in [-0.3, -0.25) is 4.98 Å². The normalized spacial score (nSPS) is 11.3. The highest BCUT2D eigenvalue weighted by atomic mass is 15.0. The van der Waals surface area contributed by atoms with Crippen molar-refractivity contribution >= 4 is 33.2 Å². The summed E-state index contributed by atoms with van der Waals surface area (Å²) in [5.41, 5.74) is 16.7. The van der Waals surface area contributed by atoms with Gasteiger partial charge in [0.05, 0.1) is 23.3 Å². The molecule has 0 fully saturated rings. The molecule has 4 aromatic rings. The van der Waals surface area contributed by atoms with Crippen molar-refractivity contribution in [1.29, 1.82) is 0 Å². The second-order valence-corrected chi connectivity index (χ2v) is 5.46. The highest BCUT2D eigenvalue weighted by Gasteiger charge is 2.12. The van der Waals surface area contributed by atoms with Crippen LogP contribution in [0, 0.1) is 0 Å². The number of nitrogens with zero attached hydrogens (tertiary/aromatic N) is 2. The Kier molecular flexibility index (Phi) is 2.76. The molecule has 0 bridgehead atoms. The third-order valence-corrected chi connectivity index (χ3v) is 3.96. The third-order valence-electron chi connectivity index (χ3n) is 3.96. The Morgan fingerprint density at radius 3 is 2.00 bits per heavy atom. The molecule has 0 aliphatic carbocycles. The fourth-order valence-electron chi connectivity index (χ4n) is 2.95. The number of nitrogen functional groups attached to an aromatic ring is 2. The number of hydrogen-bond donors (Lipinski definition) is 2. The van der Waals surface area contributed by atoms with E-state index < -0.39 is 0 Å². The highest BCUT2D eigenvalue weighted by molar-refractivity contribution is 6.09. The van der Waals surface area contributed by atoms with Crippen LogP contribution in [0.3, 0.4) is 0 Å². The van der Waals surface area contributed by atoms with Crippen LogP contribution in [0.15, 0.2) is 60.8 Å². The number of aromatic nitrogens is 2. The number of nitrogens with two attached hydrogens (primary N) is 2. The Morgan fingerprint density at radius 1 is 0.818 bits per heavy atom. The van der Waals surface area contributed by atoms with E-state index >= 15 is 0 Å². The van der Waals surface area contributed by atoms with Gasteiger partial charge in [-0.05, 0) is 36.4 Å². The molecule has 0 aliphatic rings. The van der Waals surface area contributed by atoms with Gasteiger partial charge in [-0.25, -0.2) is 0 Å². The Morgan fingerprint density at radius 2 is 1.45 bits per heavy atom. The molecule has 4 heteroatoms. The number of benzene rings is 2. The van der Waals surface area contributed by atoms with Crippen molar-refractivity contribution in [3.05, 3.63) is 66.5 Å². The van der Waals surface area contributed by atoms with Crippen LogP contribution in [0.2, 0.25) is 0 Å². The van der Waals surface area contributed by atoms with Crippen molar-refractivity contribution in [2.75, 3.05) is 11.5 Å². The Hall–Kier alpha value is -3.01. The summed E-state index contributed by atoms with van der Waals surface area (Å²) < 4.78 is 2.22. The van der Waals surface area contributed by atoms with Gasteiger partial charge in [0.2, 0.25) is 0 Å². The van der Waals surface area contributed by atoms with Crippen LogP contribution in [-0.2, 0) is 6.54 Å². The minimum atomic E-state index is 0.688. The number of hydrogen-bond acceptors (Lipinski definition) is 3. The molecule has 4 N–H and O–H groups in total. The number of fused-ring (bicyclic) bond motifs is 3. The van der Waals surface area contributed by atoms with Crippen molar-refractivity contribution in [2.45, 2.75) is 6.54 Å². The molecule has 0 spiro atoms. The van der Waals surface area contributed by atoms with E-state index in [1.807, 2.05) is 48.7 Å². The molecular formula is C18H16N4. The zero-order chi connectivity index (χ0) is 15.1. The molecule has 0 atom stereocenters. The molecule has 0 unspecified atom stereocenters. The average molecular weight is 288 g/mol. The molecule has 0 saturated carbocycles. The van der Waals surface area contributed by atoms with Crippen LogP contribution < -0.4 is 11.5 Å². The van der Waals surface area contributed by atoms with Crippen LogP contribution in [0.25, 0.3) is 21.8 Å². The summed E-state index contributed by atoms with van der Waals surface area (Å²) in [5, 5.41) is 2.36.